The molecule has 0 radical (unpaired) electrons. The highest BCUT2D eigenvalue weighted by atomic mass is 16.5. The van der Waals surface area contributed by atoms with Gasteiger partial charge in [-0.2, -0.15) is 5.10 Å². The lowest BCUT2D eigenvalue weighted by molar-refractivity contribution is -0.136. The van der Waals surface area contributed by atoms with E-state index in [1.807, 2.05) is 89.7 Å². The molecule has 0 bridgehead atoms. The van der Waals surface area contributed by atoms with Crippen molar-refractivity contribution in [1.82, 2.24) is 14.7 Å². The average molecular weight is 493 g/mol. The number of rotatable bonds is 7. The zero-order valence-electron chi connectivity index (χ0n) is 20.6. The van der Waals surface area contributed by atoms with Crippen molar-refractivity contribution < 1.29 is 14.3 Å². The summed E-state index contributed by atoms with van der Waals surface area (Å²) in [5, 5.41) is 4.83. The van der Waals surface area contributed by atoms with Crippen molar-refractivity contribution in [2.24, 2.45) is 5.73 Å². The van der Waals surface area contributed by atoms with E-state index in [9.17, 15) is 9.59 Å². The van der Waals surface area contributed by atoms with E-state index in [1.165, 1.54) is 6.08 Å². The topological polar surface area (TPSA) is 90.5 Å². The second-order valence-electron chi connectivity index (χ2n) is 9.01. The van der Waals surface area contributed by atoms with Crippen LogP contribution in [0, 0.1) is 0 Å². The largest absolute Gasteiger partial charge is 0.496 e. The minimum atomic E-state index is -0.693. The number of primary amides is 1. The number of hydrogen-bond acceptors (Lipinski definition) is 4. The van der Waals surface area contributed by atoms with Gasteiger partial charge in [0.1, 0.15) is 17.5 Å². The third kappa shape index (κ3) is 5.16. The van der Waals surface area contributed by atoms with Crippen molar-refractivity contribution in [3.05, 3.63) is 113 Å². The quantitative estimate of drug-likeness (QED) is 0.394. The molecule has 1 atom stereocenters. The van der Waals surface area contributed by atoms with Crippen LogP contribution in [0.4, 0.5) is 0 Å². The molecule has 1 aliphatic heterocycles. The lowest BCUT2D eigenvalue weighted by Crippen LogP contribution is -2.50. The molecule has 1 unspecified atom stereocenters. The van der Waals surface area contributed by atoms with Crippen molar-refractivity contribution in [2.45, 2.75) is 25.6 Å². The summed E-state index contributed by atoms with van der Waals surface area (Å²) in [5.74, 6) is -0.100. The van der Waals surface area contributed by atoms with Crippen LogP contribution in [-0.4, -0.2) is 39.6 Å². The molecule has 5 rings (SSSR count). The van der Waals surface area contributed by atoms with E-state index in [4.69, 9.17) is 15.6 Å². The van der Waals surface area contributed by atoms with Crippen molar-refractivity contribution in [1.29, 1.82) is 0 Å². The van der Waals surface area contributed by atoms with Crippen LogP contribution in [0.5, 0.6) is 5.75 Å². The Morgan fingerprint density at radius 1 is 1.00 bits per heavy atom. The van der Waals surface area contributed by atoms with Gasteiger partial charge in [-0.3, -0.25) is 14.3 Å². The maximum atomic E-state index is 13.3. The molecule has 2 amide bonds. The number of nitrogens with zero attached hydrogens (tertiary/aromatic N) is 3. The average Bonchev–Trinajstić information content (AvgIpc) is 3.33. The van der Waals surface area contributed by atoms with E-state index in [2.05, 4.69) is 0 Å². The molecule has 0 fully saturated rings. The Hall–Kier alpha value is -4.65. The maximum absolute atomic E-state index is 13.3. The van der Waals surface area contributed by atoms with Crippen LogP contribution < -0.4 is 10.5 Å². The van der Waals surface area contributed by atoms with Crippen molar-refractivity contribution in [3.63, 3.8) is 0 Å². The highest BCUT2D eigenvalue weighted by molar-refractivity contribution is 5.96. The van der Waals surface area contributed by atoms with Gasteiger partial charge in [0, 0.05) is 36.4 Å². The van der Waals surface area contributed by atoms with E-state index in [0.717, 1.165) is 27.8 Å². The molecule has 0 saturated heterocycles. The lowest BCUT2D eigenvalue weighted by atomic mass is 9.93. The van der Waals surface area contributed by atoms with Crippen molar-refractivity contribution >= 4 is 17.9 Å². The Balaban J connectivity index is 1.48. The smallest absolute Gasteiger partial charge is 0.247 e. The van der Waals surface area contributed by atoms with E-state index in [-0.39, 0.29) is 5.91 Å². The number of benzene rings is 3. The van der Waals surface area contributed by atoms with E-state index in [1.54, 1.807) is 18.1 Å². The molecule has 7 heteroatoms. The number of ether oxygens (including phenoxy) is 1. The first-order valence-corrected chi connectivity index (χ1v) is 12.1. The van der Waals surface area contributed by atoms with E-state index >= 15 is 0 Å². The molecule has 3 aromatic carbocycles. The molecular weight excluding hydrogens is 464 g/mol. The van der Waals surface area contributed by atoms with Gasteiger partial charge >= 0.3 is 0 Å². The number of para-hydroxylation sites is 1. The van der Waals surface area contributed by atoms with Crippen LogP contribution in [0.1, 0.15) is 22.3 Å². The number of methoxy groups -OCH3 is 1. The zero-order valence-corrected chi connectivity index (χ0v) is 20.6. The Bertz CT molecular complexity index is 1460. The first-order valence-electron chi connectivity index (χ1n) is 12.1. The number of hydrogen-bond donors (Lipinski definition) is 1. The molecular formula is C30H28N4O3. The van der Waals surface area contributed by atoms with Gasteiger partial charge in [0.05, 0.1) is 13.7 Å². The summed E-state index contributed by atoms with van der Waals surface area (Å²) >= 11 is 0. The summed E-state index contributed by atoms with van der Waals surface area (Å²) < 4.78 is 7.43. The van der Waals surface area contributed by atoms with Gasteiger partial charge in [0.25, 0.3) is 0 Å². The minimum Gasteiger partial charge on any atom is -0.496 e. The normalized spacial score (nSPS) is 14.9. The van der Waals surface area contributed by atoms with Gasteiger partial charge in [0.2, 0.25) is 11.8 Å². The number of aromatic nitrogens is 2. The number of amides is 2. The van der Waals surface area contributed by atoms with Gasteiger partial charge in [-0.1, -0.05) is 66.7 Å². The lowest BCUT2D eigenvalue weighted by Gasteiger charge is -2.34. The molecule has 2 N–H and O–H groups in total. The molecule has 4 aromatic rings. The van der Waals surface area contributed by atoms with Crippen molar-refractivity contribution in [3.8, 4) is 17.0 Å². The summed E-state index contributed by atoms with van der Waals surface area (Å²) in [7, 11) is 1.62. The van der Waals surface area contributed by atoms with Crippen LogP contribution in [-0.2, 0) is 29.1 Å². The first kappa shape index (κ1) is 24.1. The van der Waals surface area contributed by atoms with Crippen LogP contribution in [0.25, 0.3) is 17.3 Å². The Kier molecular flexibility index (Phi) is 6.85. The van der Waals surface area contributed by atoms with E-state index < -0.39 is 11.9 Å². The van der Waals surface area contributed by atoms with Gasteiger partial charge < -0.3 is 15.4 Å². The highest BCUT2D eigenvalue weighted by Crippen LogP contribution is 2.32. The van der Waals surface area contributed by atoms with Crippen LogP contribution in [0.2, 0.25) is 0 Å². The Morgan fingerprint density at radius 2 is 1.70 bits per heavy atom. The van der Waals surface area contributed by atoms with E-state index in [0.29, 0.717) is 31.0 Å². The number of fused-ring (bicyclic) bond motifs is 1. The fraction of sp³-hybridized carbons (Fsp3) is 0.167. The number of nitrogens with two attached hydrogens (primary N) is 1. The Morgan fingerprint density at radius 3 is 2.46 bits per heavy atom. The second-order valence-corrected chi connectivity index (χ2v) is 9.01. The number of carbonyl (C=O) groups is 2. The molecule has 0 spiro atoms. The summed E-state index contributed by atoms with van der Waals surface area (Å²) in [6.07, 6.45) is 5.56. The monoisotopic (exact) mass is 492 g/mol. The maximum Gasteiger partial charge on any atom is 0.247 e. The van der Waals surface area contributed by atoms with Gasteiger partial charge in [-0.05, 0) is 34.9 Å². The molecule has 0 aliphatic carbocycles. The van der Waals surface area contributed by atoms with Gasteiger partial charge in [0.15, 0.2) is 0 Å². The Labute approximate surface area is 215 Å². The standard InChI is InChI=1S/C30H28N4O3/c1-37-27-14-8-7-13-25(27)29-24(19-33(32-29)18-21-9-3-2-4-10-21)15-16-28(35)34-20-23-12-6-5-11-22(23)17-26(34)30(31)36/h2-16,19,26H,17-18,20H2,1H3,(H2,31,36). The third-order valence-corrected chi connectivity index (χ3v) is 6.61. The SMILES string of the molecule is COc1ccccc1-c1nn(Cc2ccccc2)cc1C=CC(=O)N1Cc2ccccc2CC1C(N)=O. The molecule has 0 saturated carbocycles. The fourth-order valence-corrected chi connectivity index (χ4v) is 4.73. The predicted molar refractivity (Wildman–Crippen MR) is 142 cm³/mol. The minimum absolute atomic E-state index is 0.278. The first-order chi connectivity index (χ1) is 18.0. The number of carbonyl (C=O) groups excluding carboxylic acids is 2. The summed E-state index contributed by atoms with van der Waals surface area (Å²) in [5.41, 5.74) is 11.1. The second kappa shape index (κ2) is 10.5. The molecule has 1 aliphatic rings. The van der Waals surface area contributed by atoms with Gasteiger partial charge in [-0.15, -0.1) is 0 Å². The zero-order chi connectivity index (χ0) is 25.8. The van der Waals surface area contributed by atoms with Crippen molar-refractivity contribution in [2.75, 3.05) is 7.11 Å². The summed E-state index contributed by atoms with van der Waals surface area (Å²) in [6.45, 7) is 0.914. The third-order valence-electron chi connectivity index (χ3n) is 6.61. The molecule has 2 heterocycles. The van der Waals surface area contributed by atoms with Crippen LogP contribution in [0.15, 0.2) is 91.1 Å². The molecule has 1 aromatic heterocycles. The molecule has 37 heavy (non-hydrogen) atoms. The highest BCUT2D eigenvalue weighted by Gasteiger charge is 2.32. The fourth-order valence-electron chi connectivity index (χ4n) is 4.73. The summed E-state index contributed by atoms with van der Waals surface area (Å²) in [6, 6.07) is 24.8. The predicted octanol–water partition coefficient (Wildman–Crippen LogP) is 4.06. The summed E-state index contributed by atoms with van der Waals surface area (Å²) in [4.78, 5) is 27.1. The van der Waals surface area contributed by atoms with Crippen LogP contribution >= 0.6 is 0 Å². The van der Waals surface area contributed by atoms with Crippen LogP contribution in [0.3, 0.4) is 0 Å². The molecule has 186 valence electrons. The van der Waals surface area contributed by atoms with Gasteiger partial charge in [-0.25, -0.2) is 0 Å². The molecule has 7 nitrogen and oxygen atoms in total.